The maximum absolute atomic E-state index is 5.85. The van der Waals surface area contributed by atoms with Crippen molar-refractivity contribution < 1.29 is 14.2 Å². The van der Waals surface area contributed by atoms with E-state index in [1.807, 2.05) is 0 Å². The number of rotatable bonds is 1. The number of ether oxygens (including phenoxy) is 3. The summed E-state index contributed by atoms with van der Waals surface area (Å²) in [5.74, 6) is 0.0853. The number of alkyl halides is 1. The van der Waals surface area contributed by atoms with Crippen molar-refractivity contribution >= 4 is 11.6 Å². The summed E-state index contributed by atoms with van der Waals surface area (Å²) in [6.07, 6.45) is 2.07. The van der Waals surface area contributed by atoms with Crippen LogP contribution in [0, 0.1) is 0 Å². The van der Waals surface area contributed by atoms with E-state index in [1.54, 1.807) is 0 Å². The lowest BCUT2D eigenvalue weighted by Gasteiger charge is -2.38. The van der Waals surface area contributed by atoms with Crippen molar-refractivity contribution in [3.8, 4) is 0 Å². The summed E-state index contributed by atoms with van der Waals surface area (Å²) in [5, 5.41) is 0. The van der Waals surface area contributed by atoms with Gasteiger partial charge in [0.1, 0.15) is 0 Å². The van der Waals surface area contributed by atoms with Crippen molar-refractivity contribution in [3.63, 3.8) is 0 Å². The molecule has 4 heteroatoms. The summed E-state index contributed by atoms with van der Waals surface area (Å²) >= 11 is 5.75. The maximum atomic E-state index is 5.85. The number of halogens is 1. The van der Waals surface area contributed by atoms with E-state index in [-0.39, 0.29) is 18.3 Å². The third kappa shape index (κ3) is 2.06. The fourth-order valence-corrected chi connectivity index (χ4v) is 2.51. The summed E-state index contributed by atoms with van der Waals surface area (Å²) < 4.78 is 17.2. The molecule has 0 saturated carbocycles. The lowest BCUT2D eigenvalue weighted by Crippen LogP contribution is -2.44. The molecule has 0 aromatic heterocycles. The molecule has 3 unspecified atom stereocenters. The zero-order valence-corrected chi connectivity index (χ0v) is 9.42. The third-order valence-electron chi connectivity index (χ3n) is 2.75. The molecule has 2 heterocycles. The first-order valence-electron chi connectivity index (χ1n) is 5.17. The first-order valence-corrected chi connectivity index (χ1v) is 5.70. The lowest BCUT2D eigenvalue weighted by molar-refractivity contribution is -0.240. The van der Waals surface area contributed by atoms with Crippen LogP contribution in [-0.4, -0.2) is 36.6 Å². The van der Waals surface area contributed by atoms with E-state index in [0.29, 0.717) is 12.5 Å². The van der Waals surface area contributed by atoms with Gasteiger partial charge in [-0.15, -0.1) is 11.6 Å². The quantitative estimate of drug-likeness (QED) is 0.632. The summed E-state index contributed by atoms with van der Waals surface area (Å²) in [5.41, 5.74) is 0. The van der Waals surface area contributed by atoms with Gasteiger partial charge in [0.15, 0.2) is 5.79 Å². The Bertz CT molecular complexity index is 200. The second-order valence-corrected chi connectivity index (χ2v) is 4.59. The molecule has 0 amide bonds. The van der Waals surface area contributed by atoms with Crippen LogP contribution in [0.5, 0.6) is 0 Å². The van der Waals surface area contributed by atoms with E-state index in [9.17, 15) is 0 Å². The van der Waals surface area contributed by atoms with Crippen LogP contribution in [0.2, 0.25) is 0 Å². The van der Waals surface area contributed by atoms with Gasteiger partial charge in [-0.1, -0.05) is 0 Å². The van der Waals surface area contributed by atoms with Crippen LogP contribution in [0.25, 0.3) is 0 Å². The predicted octanol–water partition coefficient (Wildman–Crippen LogP) is 1.92. The van der Waals surface area contributed by atoms with Crippen molar-refractivity contribution in [2.45, 2.75) is 50.8 Å². The summed E-state index contributed by atoms with van der Waals surface area (Å²) in [6.45, 7) is 4.72. The van der Waals surface area contributed by atoms with Crippen LogP contribution < -0.4 is 0 Å². The molecule has 2 fully saturated rings. The summed E-state index contributed by atoms with van der Waals surface area (Å²) in [7, 11) is 0. The van der Waals surface area contributed by atoms with Crippen molar-refractivity contribution in [2.24, 2.45) is 0 Å². The molecule has 2 saturated heterocycles. The van der Waals surface area contributed by atoms with Crippen LogP contribution in [0.3, 0.4) is 0 Å². The standard InChI is InChI=1S/C10H17ClO3/c1-7-3-10(4-8(2)13-7)12-6-9(5-11)14-10/h7-9H,3-6H2,1-2H3. The molecule has 2 aliphatic heterocycles. The molecule has 0 bridgehead atoms. The number of hydrogen-bond donors (Lipinski definition) is 0. The molecule has 2 aliphatic rings. The van der Waals surface area contributed by atoms with Crippen LogP contribution in [0.4, 0.5) is 0 Å². The van der Waals surface area contributed by atoms with Gasteiger partial charge in [0.25, 0.3) is 0 Å². The lowest BCUT2D eigenvalue weighted by atomic mass is 9.98. The Morgan fingerprint density at radius 2 is 1.93 bits per heavy atom. The fraction of sp³-hybridized carbons (Fsp3) is 1.00. The average Bonchev–Trinajstić information content (AvgIpc) is 2.46. The highest BCUT2D eigenvalue weighted by Gasteiger charge is 2.46. The Morgan fingerprint density at radius 3 is 2.43 bits per heavy atom. The van der Waals surface area contributed by atoms with E-state index in [1.165, 1.54) is 0 Å². The van der Waals surface area contributed by atoms with Gasteiger partial charge >= 0.3 is 0 Å². The zero-order valence-electron chi connectivity index (χ0n) is 8.66. The van der Waals surface area contributed by atoms with Gasteiger partial charge < -0.3 is 14.2 Å². The normalized spacial score (nSPS) is 48.6. The SMILES string of the molecule is CC1CC2(CC(C)O1)OCC(CCl)O2. The molecule has 1 spiro atoms. The molecular formula is C10H17ClO3. The maximum Gasteiger partial charge on any atom is 0.173 e. The van der Waals surface area contributed by atoms with Gasteiger partial charge in [-0.3, -0.25) is 0 Å². The van der Waals surface area contributed by atoms with Crippen LogP contribution in [0.15, 0.2) is 0 Å². The number of hydrogen-bond acceptors (Lipinski definition) is 3. The molecule has 3 nitrogen and oxygen atoms in total. The van der Waals surface area contributed by atoms with Gasteiger partial charge in [0.2, 0.25) is 0 Å². The van der Waals surface area contributed by atoms with Crippen LogP contribution >= 0.6 is 11.6 Å². The van der Waals surface area contributed by atoms with Crippen molar-refractivity contribution in [2.75, 3.05) is 12.5 Å². The zero-order chi connectivity index (χ0) is 10.2. The third-order valence-corrected chi connectivity index (χ3v) is 3.09. The summed E-state index contributed by atoms with van der Waals surface area (Å²) in [6, 6.07) is 0. The van der Waals surface area contributed by atoms with Crippen LogP contribution in [-0.2, 0) is 14.2 Å². The Hall–Kier alpha value is 0.170. The van der Waals surface area contributed by atoms with Gasteiger partial charge in [-0.05, 0) is 13.8 Å². The van der Waals surface area contributed by atoms with Gasteiger partial charge in [0, 0.05) is 12.8 Å². The molecule has 14 heavy (non-hydrogen) atoms. The smallest absolute Gasteiger partial charge is 0.173 e. The van der Waals surface area contributed by atoms with E-state index >= 15 is 0 Å². The topological polar surface area (TPSA) is 27.7 Å². The Kier molecular flexibility index (Phi) is 3.03. The van der Waals surface area contributed by atoms with E-state index in [4.69, 9.17) is 25.8 Å². The molecule has 0 N–H and O–H groups in total. The van der Waals surface area contributed by atoms with E-state index in [0.717, 1.165) is 12.8 Å². The molecule has 2 rings (SSSR count). The highest BCUT2D eigenvalue weighted by Crippen LogP contribution is 2.38. The molecule has 82 valence electrons. The Balaban J connectivity index is 2.01. The average molecular weight is 221 g/mol. The molecule has 0 aliphatic carbocycles. The van der Waals surface area contributed by atoms with E-state index < -0.39 is 5.79 Å². The van der Waals surface area contributed by atoms with Crippen molar-refractivity contribution in [1.82, 2.24) is 0 Å². The molecule has 0 radical (unpaired) electrons. The second kappa shape index (κ2) is 3.97. The van der Waals surface area contributed by atoms with Gasteiger partial charge in [0.05, 0.1) is 30.8 Å². The largest absolute Gasteiger partial charge is 0.375 e. The minimum atomic E-state index is -0.420. The molecule has 0 aromatic carbocycles. The minimum absolute atomic E-state index is 0.0502. The fourth-order valence-electron chi connectivity index (χ4n) is 2.36. The first kappa shape index (κ1) is 10.7. The minimum Gasteiger partial charge on any atom is -0.375 e. The molecular weight excluding hydrogens is 204 g/mol. The monoisotopic (exact) mass is 220 g/mol. The predicted molar refractivity (Wildman–Crippen MR) is 53.5 cm³/mol. The first-order chi connectivity index (χ1) is 6.63. The Morgan fingerprint density at radius 1 is 1.29 bits per heavy atom. The highest BCUT2D eigenvalue weighted by atomic mass is 35.5. The van der Waals surface area contributed by atoms with Gasteiger partial charge in [-0.25, -0.2) is 0 Å². The summed E-state index contributed by atoms with van der Waals surface area (Å²) in [4.78, 5) is 0. The molecule has 0 aromatic rings. The van der Waals surface area contributed by atoms with E-state index in [2.05, 4.69) is 13.8 Å². The highest BCUT2D eigenvalue weighted by molar-refractivity contribution is 6.18. The molecule has 3 atom stereocenters. The van der Waals surface area contributed by atoms with Crippen molar-refractivity contribution in [1.29, 1.82) is 0 Å². The second-order valence-electron chi connectivity index (χ2n) is 4.28. The van der Waals surface area contributed by atoms with Gasteiger partial charge in [-0.2, -0.15) is 0 Å². The van der Waals surface area contributed by atoms with Crippen LogP contribution in [0.1, 0.15) is 26.7 Å². The Labute approximate surface area is 89.7 Å². The van der Waals surface area contributed by atoms with Crippen molar-refractivity contribution in [3.05, 3.63) is 0 Å².